The molecule has 0 heterocycles. The minimum absolute atomic E-state index is 0.0302. The smallest absolute Gasteiger partial charge is 0.284 e. The van der Waals surface area contributed by atoms with E-state index in [4.69, 9.17) is 10.3 Å². The highest BCUT2D eigenvalue weighted by molar-refractivity contribution is 8.05. The van der Waals surface area contributed by atoms with E-state index in [0.717, 1.165) is 0 Å². The van der Waals surface area contributed by atoms with Crippen molar-refractivity contribution in [1.29, 1.82) is 0 Å². The number of sulfonamides is 2. The van der Waals surface area contributed by atoms with Crippen LogP contribution in [0.3, 0.4) is 0 Å². The van der Waals surface area contributed by atoms with Gasteiger partial charge in [-0.05, 0) is 42.4 Å². The first-order chi connectivity index (χ1) is 14.4. The van der Waals surface area contributed by atoms with Gasteiger partial charge in [-0.2, -0.15) is 16.8 Å². The van der Waals surface area contributed by atoms with Gasteiger partial charge in [-0.15, -0.1) is 0 Å². The molecule has 0 saturated heterocycles. The van der Waals surface area contributed by atoms with Crippen LogP contribution in [0.1, 0.15) is 73.1 Å². The number of hydrogen-bond donors (Lipinski definition) is 4. The van der Waals surface area contributed by atoms with E-state index >= 15 is 0 Å². The average molecular weight is 559 g/mol. The summed E-state index contributed by atoms with van der Waals surface area (Å²) in [4.78, 5) is 0. The molecule has 16 heteroatoms. The molecule has 0 aromatic carbocycles. The van der Waals surface area contributed by atoms with Crippen LogP contribution in [-0.4, -0.2) is 58.4 Å². The molecular formula is C17H38N2O10S4. The van der Waals surface area contributed by atoms with Crippen molar-refractivity contribution in [3.63, 3.8) is 0 Å². The first-order valence-corrected chi connectivity index (χ1v) is 16.6. The van der Waals surface area contributed by atoms with Crippen LogP contribution < -0.4 is 10.3 Å². The molecule has 0 spiro atoms. The third-order valence-electron chi connectivity index (χ3n) is 6.21. The van der Waals surface area contributed by atoms with E-state index in [1.54, 1.807) is 20.8 Å². The molecule has 0 rings (SSSR count). The molecule has 12 nitrogen and oxygen atoms in total. The predicted molar refractivity (Wildman–Crippen MR) is 126 cm³/mol. The fourth-order valence-corrected chi connectivity index (χ4v) is 9.96. The molecule has 0 aromatic rings. The molecule has 0 radical (unpaired) electrons. The second-order valence-electron chi connectivity index (χ2n) is 9.76. The van der Waals surface area contributed by atoms with E-state index in [2.05, 4.69) is 0 Å². The highest BCUT2D eigenvalue weighted by Crippen LogP contribution is 2.43. The monoisotopic (exact) mass is 558 g/mol. The van der Waals surface area contributed by atoms with Gasteiger partial charge in [0, 0.05) is 0 Å². The lowest BCUT2D eigenvalue weighted by Crippen LogP contribution is -2.46. The highest BCUT2D eigenvalue weighted by atomic mass is 32.3. The topological polar surface area (TPSA) is 229 Å². The molecule has 6 N–H and O–H groups in total. The maximum Gasteiger partial charge on any atom is 0.284 e. The van der Waals surface area contributed by atoms with Crippen LogP contribution in [0.5, 0.6) is 0 Å². The third kappa shape index (κ3) is 10.4. The Morgan fingerprint density at radius 1 is 0.788 bits per heavy atom. The highest BCUT2D eigenvalue weighted by Gasteiger charge is 2.47. The van der Waals surface area contributed by atoms with Gasteiger partial charge in [-0.25, -0.2) is 27.1 Å². The summed E-state index contributed by atoms with van der Waals surface area (Å²) < 4.78 is 110. The van der Waals surface area contributed by atoms with Crippen molar-refractivity contribution in [2.75, 3.05) is 5.75 Å². The van der Waals surface area contributed by atoms with Gasteiger partial charge in [0.05, 0.1) is 11.0 Å². The molecule has 0 aromatic heterocycles. The van der Waals surface area contributed by atoms with E-state index < -0.39 is 66.7 Å². The molecule has 0 amide bonds. The summed E-state index contributed by atoms with van der Waals surface area (Å²) >= 11 is 0. The van der Waals surface area contributed by atoms with E-state index in [-0.39, 0.29) is 31.6 Å². The van der Waals surface area contributed by atoms with Gasteiger partial charge in [0.2, 0.25) is 24.6 Å². The van der Waals surface area contributed by atoms with E-state index in [9.17, 15) is 42.8 Å². The first kappa shape index (κ1) is 32.6. The number of primary sulfonamides is 2. The number of rotatable bonds is 15. The van der Waals surface area contributed by atoms with Crippen LogP contribution in [-0.2, 0) is 40.3 Å². The molecular weight excluding hydrogens is 520 g/mol. The molecule has 0 aliphatic rings. The van der Waals surface area contributed by atoms with E-state index in [0.29, 0.717) is 12.8 Å². The van der Waals surface area contributed by atoms with Crippen molar-refractivity contribution < 1.29 is 42.8 Å². The average Bonchev–Trinajstić information content (AvgIpc) is 2.49. The van der Waals surface area contributed by atoms with Crippen LogP contribution in [0, 0.1) is 16.7 Å². The van der Waals surface area contributed by atoms with Gasteiger partial charge in [0.1, 0.15) is 0 Å². The molecule has 0 aliphatic heterocycles. The summed E-state index contributed by atoms with van der Waals surface area (Å²) in [6, 6.07) is 0. The first-order valence-electron chi connectivity index (χ1n) is 10.3. The lowest BCUT2D eigenvalue weighted by molar-refractivity contribution is 0.161. The normalized spacial score (nSPS) is 17.5. The van der Waals surface area contributed by atoms with Gasteiger partial charge in [-0.3, -0.25) is 9.11 Å². The Hall–Kier alpha value is -0.360. The van der Waals surface area contributed by atoms with E-state index in [1.165, 1.54) is 13.8 Å². The second kappa shape index (κ2) is 11.1. The lowest BCUT2D eigenvalue weighted by atomic mass is 9.70. The minimum Gasteiger partial charge on any atom is -0.285 e. The standard InChI is InChI=1S/C17H38N2O10S4/c1-6-13(9-7-11-16(2,3)15(31(19,22)23)33(27,28)29)17(4,5)14(32(24,25)26)10-8-12-30(18,20)21/h13-15H,6-12H2,1-5H3,(H2,18,20,21)(H2,19,22,23)(H,24,25,26)(H,27,28,29). The zero-order valence-corrected chi connectivity index (χ0v) is 22.9. The maximum atomic E-state index is 12.1. The Kier molecular flexibility index (Phi) is 11.0. The van der Waals surface area contributed by atoms with E-state index in [1.807, 2.05) is 0 Å². The minimum atomic E-state index is -5.00. The summed E-state index contributed by atoms with van der Waals surface area (Å²) in [5.74, 6) is -0.752. The molecule has 0 fully saturated rings. The number of nitrogens with two attached hydrogens (primary N) is 2. The lowest BCUT2D eigenvalue weighted by Gasteiger charge is -2.40. The third-order valence-corrected chi connectivity index (χ3v) is 12.6. The molecule has 200 valence electrons. The Morgan fingerprint density at radius 3 is 1.61 bits per heavy atom. The summed E-state index contributed by atoms with van der Waals surface area (Å²) in [5, 5.41) is 8.72. The SMILES string of the molecule is CCC(CCCC(C)(C)C(S(N)(=O)=O)S(=O)(=O)O)C(C)(C)C(CCCS(N)(=O)=O)S(=O)(=O)O. The van der Waals surface area contributed by atoms with Crippen molar-refractivity contribution in [3.8, 4) is 0 Å². The molecule has 33 heavy (non-hydrogen) atoms. The summed E-state index contributed by atoms with van der Waals surface area (Å²) in [7, 11) is -18.0. The maximum absolute atomic E-state index is 12.1. The van der Waals surface area contributed by atoms with Crippen molar-refractivity contribution in [2.45, 2.75) is 83.0 Å². The number of hydrogen-bond acceptors (Lipinski definition) is 8. The largest absolute Gasteiger partial charge is 0.285 e. The Morgan fingerprint density at radius 2 is 1.27 bits per heavy atom. The molecule has 0 aliphatic carbocycles. The molecule has 3 atom stereocenters. The van der Waals surface area contributed by atoms with Crippen LogP contribution in [0.15, 0.2) is 0 Å². The predicted octanol–water partition coefficient (Wildman–Crippen LogP) is 1.06. The Balaban J connectivity index is 5.66. The van der Waals surface area contributed by atoms with Crippen LogP contribution in [0.25, 0.3) is 0 Å². The van der Waals surface area contributed by atoms with Crippen molar-refractivity contribution in [1.82, 2.24) is 0 Å². The Bertz CT molecular complexity index is 1050. The van der Waals surface area contributed by atoms with Gasteiger partial charge in [0.15, 0.2) is 0 Å². The van der Waals surface area contributed by atoms with Crippen molar-refractivity contribution in [3.05, 3.63) is 0 Å². The zero-order valence-electron chi connectivity index (χ0n) is 19.6. The van der Waals surface area contributed by atoms with Gasteiger partial charge in [-0.1, -0.05) is 47.5 Å². The van der Waals surface area contributed by atoms with Gasteiger partial charge >= 0.3 is 0 Å². The molecule has 0 saturated carbocycles. The fraction of sp³-hybridized carbons (Fsp3) is 1.00. The fourth-order valence-electron chi connectivity index (χ4n) is 4.68. The zero-order chi connectivity index (χ0) is 26.7. The van der Waals surface area contributed by atoms with Crippen molar-refractivity contribution >= 4 is 40.3 Å². The van der Waals surface area contributed by atoms with Crippen molar-refractivity contribution in [2.24, 2.45) is 27.0 Å². The van der Waals surface area contributed by atoms with Crippen LogP contribution in [0.4, 0.5) is 0 Å². The molecule has 3 unspecified atom stereocenters. The quantitative estimate of drug-likeness (QED) is 0.209. The summed E-state index contributed by atoms with van der Waals surface area (Å²) in [6.45, 7) is 7.75. The van der Waals surface area contributed by atoms with Gasteiger partial charge in [0.25, 0.3) is 20.2 Å². The Labute approximate surface area is 198 Å². The van der Waals surface area contributed by atoms with Crippen LogP contribution >= 0.6 is 0 Å². The summed E-state index contributed by atoms with van der Waals surface area (Å²) in [5.41, 5.74) is -2.45. The molecule has 0 bridgehead atoms. The van der Waals surface area contributed by atoms with Gasteiger partial charge < -0.3 is 0 Å². The summed E-state index contributed by atoms with van der Waals surface area (Å²) in [6.07, 6.45) is 0.915. The van der Waals surface area contributed by atoms with Crippen LogP contribution in [0.2, 0.25) is 0 Å². The second-order valence-corrected chi connectivity index (χ2v) is 16.5.